The van der Waals surface area contributed by atoms with E-state index in [9.17, 15) is 18.0 Å². The summed E-state index contributed by atoms with van der Waals surface area (Å²) >= 11 is 0. The predicted octanol–water partition coefficient (Wildman–Crippen LogP) is 7.11. The van der Waals surface area contributed by atoms with Crippen LogP contribution in [0.1, 0.15) is 82.9 Å². The largest absolute Gasteiger partial charge is 0.409 e. The Balaban J connectivity index is 1.89. The van der Waals surface area contributed by atoms with Crippen molar-refractivity contribution in [2.75, 3.05) is 6.54 Å². The second kappa shape index (κ2) is 10.2. The van der Waals surface area contributed by atoms with E-state index in [1.807, 2.05) is 24.3 Å². The van der Waals surface area contributed by atoms with Crippen LogP contribution in [0.4, 0.5) is 13.2 Å². The molecule has 1 N–H and O–H groups in total. The van der Waals surface area contributed by atoms with Gasteiger partial charge in [-0.25, -0.2) is 5.01 Å². The molecule has 1 atom stereocenters. The van der Waals surface area contributed by atoms with Gasteiger partial charge in [0.25, 0.3) is 0 Å². The van der Waals surface area contributed by atoms with Gasteiger partial charge in [-0.05, 0) is 48.6 Å². The highest BCUT2D eigenvalue weighted by atomic mass is 19.4. The maximum atomic E-state index is 14.4. The molecule has 2 aromatic carbocycles. The van der Waals surface area contributed by atoms with E-state index < -0.39 is 17.6 Å². The molecule has 176 valence electrons. The number of nitrogens with one attached hydrogen (secondary N) is 1. The van der Waals surface area contributed by atoms with Crippen molar-refractivity contribution in [2.45, 2.75) is 84.4 Å². The maximum Gasteiger partial charge on any atom is 0.409 e. The topological polar surface area (TPSA) is 32.3 Å². The molecular weight excluding hydrogens is 413 g/mol. The van der Waals surface area contributed by atoms with Crippen molar-refractivity contribution >= 4 is 16.7 Å². The number of fused-ring (bicyclic) bond motifs is 1. The molecule has 1 aliphatic heterocycles. The van der Waals surface area contributed by atoms with Crippen LogP contribution in [0.2, 0.25) is 0 Å². The lowest BCUT2D eigenvalue weighted by molar-refractivity contribution is -0.191. The summed E-state index contributed by atoms with van der Waals surface area (Å²) in [6.45, 7) is 5.54. The summed E-state index contributed by atoms with van der Waals surface area (Å²) in [5.41, 5.74) is 2.78. The number of aryl methyl sites for hydroxylation is 1. The third-order valence-electron chi connectivity index (χ3n) is 6.41. The molecule has 3 rings (SSSR count). The zero-order chi connectivity index (χ0) is 23.4. The van der Waals surface area contributed by atoms with Crippen molar-refractivity contribution < 1.29 is 18.0 Å². The Morgan fingerprint density at radius 3 is 2.22 bits per heavy atom. The molecule has 0 bridgehead atoms. The van der Waals surface area contributed by atoms with Crippen molar-refractivity contribution in [3.8, 4) is 0 Å². The Labute approximate surface area is 189 Å². The molecule has 32 heavy (non-hydrogen) atoms. The van der Waals surface area contributed by atoms with Crippen LogP contribution in [0.15, 0.2) is 36.4 Å². The van der Waals surface area contributed by atoms with Crippen LogP contribution in [0.3, 0.4) is 0 Å². The predicted molar refractivity (Wildman–Crippen MR) is 123 cm³/mol. The van der Waals surface area contributed by atoms with Crippen LogP contribution in [-0.4, -0.2) is 23.6 Å². The maximum absolute atomic E-state index is 14.4. The summed E-state index contributed by atoms with van der Waals surface area (Å²) in [5.74, 6) is -0.379. The van der Waals surface area contributed by atoms with Crippen molar-refractivity contribution in [3.05, 3.63) is 47.5 Å². The number of hydrogen-bond acceptors (Lipinski definition) is 2. The highest BCUT2D eigenvalue weighted by molar-refractivity contribution is 5.90. The van der Waals surface area contributed by atoms with Crippen LogP contribution < -0.4 is 5.43 Å². The molecule has 0 aromatic heterocycles. The minimum absolute atomic E-state index is 0.00627. The van der Waals surface area contributed by atoms with Crippen LogP contribution >= 0.6 is 0 Å². The normalized spacial score (nSPS) is 17.6. The van der Waals surface area contributed by atoms with Crippen molar-refractivity contribution in [1.29, 1.82) is 0 Å². The van der Waals surface area contributed by atoms with Gasteiger partial charge in [0.15, 0.2) is 6.04 Å². The van der Waals surface area contributed by atoms with E-state index in [4.69, 9.17) is 0 Å². The Hall–Kier alpha value is -2.08. The molecule has 0 radical (unpaired) electrons. The van der Waals surface area contributed by atoms with Gasteiger partial charge in [-0.2, -0.15) is 13.2 Å². The molecule has 1 fully saturated rings. The lowest BCUT2D eigenvalue weighted by Crippen LogP contribution is -2.43. The first-order chi connectivity index (χ1) is 15.1. The Morgan fingerprint density at radius 1 is 1.00 bits per heavy atom. The SMILES string of the molecule is CCCCCCCCCc1cccc2cccc([C@H](N3CC(C)(C)C(=O)N3)C(F)(F)F)c12. The summed E-state index contributed by atoms with van der Waals surface area (Å²) in [6.07, 6.45) is 4.39. The van der Waals surface area contributed by atoms with Gasteiger partial charge in [-0.3, -0.25) is 10.2 Å². The van der Waals surface area contributed by atoms with E-state index in [2.05, 4.69) is 12.3 Å². The van der Waals surface area contributed by atoms with Gasteiger partial charge in [0.1, 0.15) is 0 Å². The standard InChI is InChI=1S/C26H35F3N2O/c1-4-5-6-7-8-9-10-13-19-14-11-15-20-16-12-17-21(22(19)20)23(26(27,28)29)31-18-25(2,3)24(32)30-31/h11-12,14-17,23H,4-10,13,18H2,1-3H3,(H,30,32)/t23-/m0/s1. The van der Waals surface area contributed by atoms with E-state index in [-0.39, 0.29) is 18.0 Å². The van der Waals surface area contributed by atoms with Crippen LogP contribution in [-0.2, 0) is 11.2 Å². The van der Waals surface area contributed by atoms with Crippen LogP contribution in [0, 0.1) is 5.41 Å². The van der Waals surface area contributed by atoms with Crippen LogP contribution in [0.25, 0.3) is 10.8 Å². The molecule has 0 aliphatic carbocycles. The second-order valence-corrected chi connectivity index (χ2v) is 9.63. The van der Waals surface area contributed by atoms with Gasteiger partial charge < -0.3 is 0 Å². The smallest absolute Gasteiger partial charge is 0.287 e. The molecule has 1 saturated heterocycles. The third kappa shape index (κ3) is 5.64. The number of hydrogen-bond donors (Lipinski definition) is 1. The number of nitrogens with zero attached hydrogens (tertiary/aromatic N) is 1. The number of carbonyl (C=O) groups excluding carboxylic acids is 1. The molecule has 0 saturated carbocycles. The molecular formula is C26H35F3N2O. The molecule has 0 spiro atoms. The summed E-state index contributed by atoms with van der Waals surface area (Å²) in [4.78, 5) is 12.2. The van der Waals surface area contributed by atoms with Crippen molar-refractivity contribution in [1.82, 2.24) is 10.4 Å². The first kappa shape index (κ1) is 24.6. The fourth-order valence-corrected chi connectivity index (χ4v) is 4.65. The Morgan fingerprint density at radius 2 is 1.62 bits per heavy atom. The minimum Gasteiger partial charge on any atom is -0.287 e. The summed E-state index contributed by atoms with van der Waals surface area (Å²) in [5, 5.41) is 2.55. The lowest BCUT2D eigenvalue weighted by atomic mass is 9.90. The van der Waals surface area contributed by atoms with Gasteiger partial charge >= 0.3 is 6.18 Å². The molecule has 1 aliphatic rings. The van der Waals surface area contributed by atoms with Gasteiger partial charge in [0.05, 0.1) is 5.41 Å². The van der Waals surface area contributed by atoms with Crippen LogP contribution in [0.5, 0.6) is 0 Å². The van der Waals surface area contributed by atoms with Gasteiger partial charge in [-0.15, -0.1) is 0 Å². The average molecular weight is 449 g/mol. The van der Waals surface area contributed by atoms with Gasteiger partial charge in [-0.1, -0.05) is 81.8 Å². The van der Waals surface area contributed by atoms with E-state index in [0.717, 1.165) is 41.6 Å². The number of amides is 1. The first-order valence-electron chi connectivity index (χ1n) is 11.8. The third-order valence-corrected chi connectivity index (χ3v) is 6.41. The Kier molecular flexibility index (Phi) is 7.86. The Bertz CT molecular complexity index is 918. The van der Waals surface area contributed by atoms with E-state index in [1.165, 1.54) is 25.7 Å². The number of halogens is 3. The monoisotopic (exact) mass is 448 g/mol. The number of benzene rings is 2. The molecule has 3 nitrogen and oxygen atoms in total. The number of alkyl halides is 3. The number of carbonyl (C=O) groups is 1. The zero-order valence-corrected chi connectivity index (χ0v) is 19.4. The molecule has 2 aromatic rings. The van der Waals surface area contributed by atoms with Crippen molar-refractivity contribution in [3.63, 3.8) is 0 Å². The van der Waals surface area contributed by atoms with Crippen molar-refractivity contribution in [2.24, 2.45) is 5.41 Å². The average Bonchev–Trinajstić information content (AvgIpc) is 2.98. The van der Waals surface area contributed by atoms with Gasteiger partial charge in [0.2, 0.25) is 5.91 Å². The quantitative estimate of drug-likeness (QED) is 0.393. The fraction of sp³-hybridized carbons (Fsp3) is 0.577. The molecule has 1 heterocycles. The molecule has 6 heteroatoms. The van der Waals surface area contributed by atoms with E-state index >= 15 is 0 Å². The number of hydrazine groups is 1. The summed E-state index contributed by atoms with van der Waals surface area (Å²) in [7, 11) is 0. The fourth-order valence-electron chi connectivity index (χ4n) is 4.65. The number of rotatable bonds is 10. The highest BCUT2D eigenvalue weighted by Crippen LogP contribution is 2.43. The summed E-state index contributed by atoms with van der Waals surface area (Å²) in [6, 6.07) is 8.96. The molecule has 0 unspecified atom stereocenters. The van der Waals surface area contributed by atoms with E-state index in [1.54, 1.807) is 26.0 Å². The minimum atomic E-state index is -4.52. The lowest BCUT2D eigenvalue weighted by Gasteiger charge is -2.31. The summed E-state index contributed by atoms with van der Waals surface area (Å²) < 4.78 is 43.1. The number of unbranched alkanes of at least 4 members (excludes halogenated alkanes) is 6. The first-order valence-corrected chi connectivity index (χ1v) is 11.8. The highest BCUT2D eigenvalue weighted by Gasteiger charge is 2.51. The van der Waals surface area contributed by atoms with Gasteiger partial charge in [0, 0.05) is 6.54 Å². The second-order valence-electron chi connectivity index (χ2n) is 9.63. The molecule has 1 amide bonds. The van der Waals surface area contributed by atoms with E-state index in [0.29, 0.717) is 5.39 Å². The zero-order valence-electron chi connectivity index (χ0n) is 19.4.